The molecule has 0 bridgehead atoms. The Morgan fingerprint density at radius 1 is 0.955 bits per heavy atom. The number of anilines is 1. The molecule has 1 atom stereocenters. The molecule has 2 aromatic rings. The van der Waals surface area contributed by atoms with Crippen LogP contribution >= 0.6 is 0 Å². The van der Waals surface area contributed by atoms with Crippen LogP contribution in [0, 0.1) is 35.5 Å². The van der Waals surface area contributed by atoms with E-state index in [0.717, 1.165) is 11.3 Å². The maximum Gasteiger partial charge on any atom is 0.141 e. The molecular formula is C19H19N3. The minimum Gasteiger partial charge on any atom is -0.374 e. The number of nitriles is 2. The third-order valence-electron chi connectivity index (χ3n) is 3.85. The highest BCUT2D eigenvalue weighted by Crippen LogP contribution is 2.27. The van der Waals surface area contributed by atoms with E-state index < -0.39 is 5.92 Å². The quantitative estimate of drug-likeness (QED) is 0.839. The molecule has 110 valence electrons. The molecule has 22 heavy (non-hydrogen) atoms. The van der Waals surface area contributed by atoms with E-state index in [1.165, 1.54) is 5.56 Å². The Morgan fingerprint density at radius 3 is 2.09 bits per heavy atom. The van der Waals surface area contributed by atoms with Crippen molar-refractivity contribution >= 4 is 5.69 Å². The first-order chi connectivity index (χ1) is 10.7. The van der Waals surface area contributed by atoms with Gasteiger partial charge in [0, 0.05) is 25.2 Å². The standard InChI is InChI=1S/C19H19N3/c1-15-8-10-16(11-9-15)19(17(12-20)13-21)14-22(2)18-6-4-3-5-7-18/h3-11,17,19H,14H2,1-2H3. The molecular weight excluding hydrogens is 270 g/mol. The summed E-state index contributed by atoms with van der Waals surface area (Å²) in [6, 6.07) is 22.3. The largest absolute Gasteiger partial charge is 0.374 e. The van der Waals surface area contributed by atoms with E-state index in [1.807, 2.05) is 68.6 Å². The lowest BCUT2D eigenvalue weighted by molar-refractivity contribution is 0.604. The molecule has 2 aromatic carbocycles. The van der Waals surface area contributed by atoms with Gasteiger partial charge in [0.15, 0.2) is 0 Å². The van der Waals surface area contributed by atoms with Gasteiger partial charge in [-0.15, -0.1) is 0 Å². The van der Waals surface area contributed by atoms with Crippen molar-refractivity contribution in [3.63, 3.8) is 0 Å². The predicted molar refractivity (Wildman–Crippen MR) is 88.3 cm³/mol. The molecule has 0 saturated heterocycles. The van der Waals surface area contributed by atoms with Crippen LogP contribution in [-0.2, 0) is 0 Å². The summed E-state index contributed by atoms with van der Waals surface area (Å²) in [5.74, 6) is -0.797. The molecule has 3 heteroatoms. The van der Waals surface area contributed by atoms with Crippen molar-refractivity contribution in [2.24, 2.45) is 5.92 Å². The second-order valence-corrected chi connectivity index (χ2v) is 5.47. The average Bonchev–Trinajstić information content (AvgIpc) is 2.56. The number of para-hydroxylation sites is 1. The van der Waals surface area contributed by atoms with E-state index in [2.05, 4.69) is 17.0 Å². The Labute approximate surface area is 132 Å². The van der Waals surface area contributed by atoms with Crippen molar-refractivity contribution in [2.75, 3.05) is 18.5 Å². The second kappa shape index (κ2) is 7.29. The van der Waals surface area contributed by atoms with E-state index in [-0.39, 0.29) is 5.92 Å². The first-order valence-corrected chi connectivity index (χ1v) is 7.27. The first-order valence-electron chi connectivity index (χ1n) is 7.27. The van der Waals surface area contributed by atoms with Gasteiger partial charge >= 0.3 is 0 Å². The summed E-state index contributed by atoms with van der Waals surface area (Å²) in [4.78, 5) is 2.09. The number of aryl methyl sites for hydroxylation is 1. The van der Waals surface area contributed by atoms with E-state index in [1.54, 1.807) is 0 Å². The Balaban J connectivity index is 2.28. The molecule has 0 radical (unpaired) electrons. The molecule has 0 spiro atoms. The van der Waals surface area contributed by atoms with Gasteiger partial charge in [0.25, 0.3) is 0 Å². The monoisotopic (exact) mass is 289 g/mol. The number of rotatable bonds is 5. The van der Waals surface area contributed by atoms with Gasteiger partial charge in [-0.2, -0.15) is 10.5 Å². The molecule has 0 amide bonds. The number of benzene rings is 2. The van der Waals surface area contributed by atoms with E-state index in [9.17, 15) is 10.5 Å². The zero-order chi connectivity index (χ0) is 15.9. The maximum atomic E-state index is 9.30. The highest BCUT2D eigenvalue weighted by atomic mass is 15.1. The first kappa shape index (κ1) is 15.6. The Kier molecular flexibility index (Phi) is 5.17. The smallest absolute Gasteiger partial charge is 0.141 e. The Hall–Kier alpha value is -2.78. The number of hydrogen-bond acceptors (Lipinski definition) is 3. The summed E-state index contributed by atoms with van der Waals surface area (Å²) in [5, 5.41) is 18.6. The summed E-state index contributed by atoms with van der Waals surface area (Å²) in [6.45, 7) is 2.65. The maximum absolute atomic E-state index is 9.30. The normalized spacial score (nSPS) is 11.5. The van der Waals surface area contributed by atoms with Gasteiger partial charge < -0.3 is 4.90 Å². The molecule has 0 aliphatic heterocycles. The summed E-state index contributed by atoms with van der Waals surface area (Å²) >= 11 is 0. The summed E-state index contributed by atoms with van der Waals surface area (Å²) in [7, 11) is 1.99. The molecule has 0 fully saturated rings. The fourth-order valence-corrected chi connectivity index (χ4v) is 2.51. The zero-order valence-electron chi connectivity index (χ0n) is 12.9. The van der Waals surface area contributed by atoms with Crippen molar-refractivity contribution in [2.45, 2.75) is 12.8 Å². The third-order valence-corrected chi connectivity index (χ3v) is 3.85. The molecule has 1 unspecified atom stereocenters. The number of likely N-dealkylation sites (N-methyl/N-ethyl adjacent to an activating group) is 1. The number of nitrogens with zero attached hydrogens (tertiary/aromatic N) is 3. The van der Waals surface area contributed by atoms with Crippen LogP contribution in [0.1, 0.15) is 17.0 Å². The van der Waals surface area contributed by atoms with Crippen LogP contribution in [0.2, 0.25) is 0 Å². The van der Waals surface area contributed by atoms with Crippen LogP contribution in [0.3, 0.4) is 0 Å². The fraction of sp³-hybridized carbons (Fsp3) is 0.263. The highest BCUT2D eigenvalue weighted by molar-refractivity contribution is 5.46. The lowest BCUT2D eigenvalue weighted by Gasteiger charge is -2.26. The van der Waals surface area contributed by atoms with E-state index >= 15 is 0 Å². The van der Waals surface area contributed by atoms with Crippen LogP contribution in [0.25, 0.3) is 0 Å². The SMILES string of the molecule is Cc1ccc(C(CN(C)c2ccccc2)C(C#N)C#N)cc1. The Morgan fingerprint density at radius 2 is 1.55 bits per heavy atom. The van der Waals surface area contributed by atoms with Gasteiger partial charge in [-0.25, -0.2) is 0 Å². The molecule has 0 aromatic heterocycles. The van der Waals surface area contributed by atoms with Crippen LogP contribution in [0.4, 0.5) is 5.69 Å². The van der Waals surface area contributed by atoms with E-state index in [4.69, 9.17) is 0 Å². The van der Waals surface area contributed by atoms with Gasteiger partial charge in [-0.05, 0) is 24.6 Å². The predicted octanol–water partition coefficient (Wildman–Crippen LogP) is 3.88. The zero-order valence-corrected chi connectivity index (χ0v) is 12.9. The van der Waals surface area contributed by atoms with Crippen molar-refractivity contribution < 1.29 is 0 Å². The van der Waals surface area contributed by atoms with Crippen molar-refractivity contribution in [1.82, 2.24) is 0 Å². The summed E-state index contributed by atoms with van der Waals surface area (Å²) in [5.41, 5.74) is 3.28. The van der Waals surface area contributed by atoms with Gasteiger partial charge in [0.05, 0.1) is 12.1 Å². The lowest BCUT2D eigenvalue weighted by atomic mass is 9.87. The lowest BCUT2D eigenvalue weighted by Crippen LogP contribution is -2.27. The van der Waals surface area contributed by atoms with Crippen LogP contribution in [-0.4, -0.2) is 13.6 Å². The summed E-state index contributed by atoms with van der Waals surface area (Å²) < 4.78 is 0. The van der Waals surface area contributed by atoms with Gasteiger partial charge in [-0.3, -0.25) is 0 Å². The topological polar surface area (TPSA) is 50.8 Å². The van der Waals surface area contributed by atoms with Crippen molar-refractivity contribution in [1.29, 1.82) is 10.5 Å². The summed E-state index contributed by atoms with van der Waals surface area (Å²) in [6.07, 6.45) is 0. The molecule has 0 saturated carbocycles. The fourth-order valence-electron chi connectivity index (χ4n) is 2.51. The molecule has 0 aliphatic carbocycles. The highest BCUT2D eigenvalue weighted by Gasteiger charge is 2.24. The van der Waals surface area contributed by atoms with Crippen molar-refractivity contribution in [3.8, 4) is 12.1 Å². The second-order valence-electron chi connectivity index (χ2n) is 5.47. The Bertz CT molecular complexity index is 663. The third kappa shape index (κ3) is 3.65. The minimum atomic E-state index is -0.658. The number of hydrogen-bond donors (Lipinski definition) is 0. The van der Waals surface area contributed by atoms with E-state index in [0.29, 0.717) is 6.54 Å². The van der Waals surface area contributed by atoms with Crippen LogP contribution < -0.4 is 4.90 Å². The molecule has 0 aliphatic rings. The molecule has 0 heterocycles. The average molecular weight is 289 g/mol. The molecule has 2 rings (SSSR count). The van der Waals surface area contributed by atoms with Crippen LogP contribution in [0.15, 0.2) is 54.6 Å². The van der Waals surface area contributed by atoms with Crippen LogP contribution in [0.5, 0.6) is 0 Å². The molecule has 3 nitrogen and oxygen atoms in total. The van der Waals surface area contributed by atoms with Gasteiger partial charge in [0.1, 0.15) is 5.92 Å². The van der Waals surface area contributed by atoms with Gasteiger partial charge in [-0.1, -0.05) is 48.0 Å². The van der Waals surface area contributed by atoms with Crippen molar-refractivity contribution in [3.05, 3.63) is 65.7 Å². The minimum absolute atomic E-state index is 0.138. The van der Waals surface area contributed by atoms with Gasteiger partial charge in [0.2, 0.25) is 0 Å². The molecule has 0 N–H and O–H groups in total.